The van der Waals surface area contributed by atoms with Gasteiger partial charge in [-0.05, 0) is 19.1 Å². The standard InChI is InChI=1S/C14H9F6N3O2/c1-12(6-25-11(23-12)14(18,19)20)10(24)22-7-3-4-9(21-2)8(5-7)13(15,16)17/h3-5H,6H2,1H3,(H,22,24). The van der Waals surface area contributed by atoms with Gasteiger partial charge in [-0.1, -0.05) is 6.07 Å². The van der Waals surface area contributed by atoms with Crippen LogP contribution < -0.4 is 5.32 Å². The minimum absolute atomic E-state index is 0.332. The van der Waals surface area contributed by atoms with Crippen LogP contribution in [0.3, 0.4) is 0 Å². The second kappa shape index (κ2) is 5.94. The highest BCUT2D eigenvalue weighted by Gasteiger charge is 2.49. The summed E-state index contributed by atoms with van der Waals surface area (Å²) < 4.78 is 80.6. The predicted octanol–water partition coefficient (Wildman–Crippen LogP) is 3.94. The van der Waals surface area contributed by atoms with Gasteiger partial charge in [0, 0.05) is 5.69 Å². The Kier molecular flexibility index (Phi) is 4.42. The molecule has 1 aromatic rings. The predicted molar refractivity (Wildman–Crippen MR) is 74.2 cm³/mol. The molecule has 0 aromatic heterocycles. The van der Waals surface area contributed by atoms with Crippen molar-refractivity contribution in [1.29, 1.82) is 0 Å². The molecule has 1 atom stereocenters. The van der Waals surface area contributed by atoms with Crippen LogP contribution in [0, 0.1) is 6.57 Å². The van der Waals surface area contributed by atoms with Crippen LogP contribution in [0.5, 0.6) is 0 Å². The highest BCUT2D eigenvalue weighted by atomic mass is 19.4. The summed E-state index contributed by atoms with van der Waals surface area (Å²) in [5, 5.41) is 2.06. The van der Waals surface area contributed by atoms with Crippen LogP contribution in [-0.2, 0) is 15.7 Å². The number of hydrogen-bond acceptors (Lipinski definition) is 3. The van der Waals surface area contributed by atoms with Gasteiger partial charge in [-0.25, -0.2) is 9.84 Å². The number of nitrogens with one attached hydrogen (secondary N) is 1. The smallest absolute Gasteiger partial charge is 0.468 e. The molecule has 2 rings (SSSR count). The summed E-state index contributed by atoms with van der Waals surface area (Å²) in [6.45, 7) is 7.07. The molecule has 134 valence electrons. The summed E-state index contributed by atoms with van der Waals surface area (Å²) >= 11 is 0. The molecule has 0 fully saturated rings. The average Bonchev–Trinajstić information content (AvgIpc) is 2.90. The van der Waals surface area contributed by atoms with Crippen LogP contribution in [-0.4, -0.2) is 30.1 Å². The Morgan fingerprint density at radius 3 is 2.40 bits per heavy atom. The Morgan fingerprint density at radius 2 is 1.92 bits per heavy atom. The van der Waals surface area contributed by atoms with Crippen LogP contribution in [0.25, 0.3) is 4.85 Å². The third-order valence-corrected chi connectivity index (χ3v) is 3.25. The minimum Gasteiger partial charge on any atom is -0.471 e. The van der Waals surface area contributed by atoms with Gasteiger partial charge >= 0.3 is 12.4 Å². The lowest BCUT2D eigenvalue weighted by Gasteiger charge is -2.18. The van der Waals surface area contributed by atoms with E-state index in [0.717, 1.165) is 19.1 Å². The number of nitrogens with zero attached hydrogens (tertiary/aromatic N) is 2. The van der Waals surface area contributed by atoms with E-state index in [1.807, 2.05) is 0 Å². The molecule has 0 spiro atoms. The summed E-state index contributed by atoms with van der Waals surface area (Å²) in [6.07, 6.45) is -9.71. The van der Waals surface area contributed by atoms with E-state index in [1.165, 1.54) is 0 Å². The van der Waals surface area contributed by atoms with Gasteiger partial charge in [0.1, 0.15) is 6.61 Å². The normalized spacial score (nSPS) is 20.5. The Morgan fingerprint density at radius 1 is 1.28 bits per heavy atom. The number of anilines is 1. The second-order valence-electron chi connectivity index (χ2n) is 5.27. The fraction of sp³-hybridized carbons (Fsp3) is 0.357. The van der Waals surface area contributed by atoms with Crippen LogP contribution in [0.15, 0.2) is 23.2 Å². The first kappa shape index (κ1) is 18.6. The van der Waals surface area contributed by atoms with Gasteiger partial charge in [-0.2, -0.15) is 26.3 Å². The molecule has 0 saturated heterocycles. The minimum atomic E-state index is -4.88. The maximum atomic E-state index is 12.9. The monoisotopic (exact) mass is 365 g/mol. The first-order valence-corrected chi connectivity index (χ1v) is 6.57. The van der Waals surface area contributed by atoms with E-state index in [9.17, 15) is 31.1 Å². The quantitative estimate of drug-likeness (QED) is 0.638. The molecule has 0 bridgehead atoms. The summed E-state index contributed by atoms with van der Waals surface area (Å²) in [5.41, 5.74) is -4.21. The average molecular weight is 365 g/mol. The van der Waals surface area contributed by atoms with Crippen molar-refractivity contribution in [3.63, 3.8) is 0 Å². The Labute approximate surface area is 137 Å². The molecule has 0 aliphatic carbocycles. The molecule has 1 heterocycles. The molecule has 1 aromatic carbocycles. The van der Waals surface area contributed by atoms with E-state index in [2.05, 4.69) is 19.9 Å². The van der Waals surface area contributed by atoms with Crippen LogP contribution >= 0.6 is 0 Å². The fourth-order valence-electron chi connectivity index (χ4n) is 1.96. The molecule has 0 saturated carbocycles. The molecule has 1 N–H and O–H groups in total. The van der Waals surface area contributed by atoms with Gasteiger partial charge in [0.25, 0.3) is 11.8 Å². The number of ether oxygens (including phenoxy) is 1. The third kappa shape index (κ3) is 3.84. The van der Waals surface area contributed by atoms with Crippen molar-refractivity contribution in [2.75, 3.05) is 11.9 Å². The number of carbonyl (C=O) groups is 1. The highest BCUT2D eigenvalue weighted by molar-refractivity contribution is 6.01. The van der Waals surface area contributed by atoms with E-state index < -0.39 is 47.6 Å². The van der Waals surface area contributed by atoms with E-state index >= 15 is 0 Å². The first-order chi connectivity index (χ1) is 11.4. The van der Waals surface area contributed by atoms with Crippen LogP contribution in [0.4, 0.5) is 37.7 Å². The highest BCUT2D eigenvalue weighted by Crippen LogP contribution is 2.38. The van der Waals surface area contributed by atoms with Gasteiger partial charge in [0.2, 0.25) is 0 Å². The largest absolute Gasteiger partial charge is 0.471 e. The lowest BCUT2D eigenvalue weighted by atomic mass is 10.0. The molecule has 1 amide bonds. The third-order valence-electron chi connectivity index (χ3n) is 3.25. The number of hydrogen-bond donors (Lipinski definition) is 1. The number of amides is 1. The van der Waals surface area contributed by atoms with Gasteiger partial charge in [0.15, 0.2) is 11.2 Å². The molecule has 11 heteroatoms. The van der Waals surface area contributed by atoms with Crippen molar-refractivity contribution in [2.24, 2.45) is 4.99 Å². The van der Waals surface area contributed by atoms with E-state index in [4.69, 9.17) is 6.57 Å². The number of rotatable bonds is 2. The Hall–Kier alpha value is -2.77. The molecule has 0 radical (unpaired) electrons. The van der Waals surface area contributed by atoms with Gasteiger partial charge in [-0.15, -0.1) is 0 Å². The van der Waals surface area contributed by atoms with Crippen molar-refractivity contribution in [3.05, 3.63) is 35.2 Å². The van der Waals surface area contributed by atoms with E-state index in [1.54, 1.807) is 0 Å². The zero-order valence-corrected chi connectivity index (χ0v) is 12.4. The Bertz CT molecular complexity index is 778. The molecular formula is C14H9F6N3O2. The number of benzene rings is 1. The van der Waals surface area contributed by atoms with Crippen molar-refractivity contribution in [2.45, 2.75) is 24.8 Å². The van der Waals surface area contributed by atoms with Crippen molar-refractivity contribution in [1.82, 2.24) is 0 Å². The molecule has 1 aliphatic heterocycles. The van der Waals surface area contributed by atoms with E-state index in [0.29, 0.717) is 6.07 Å². The lowest BCUT2D eigenvalue weighted by molar-refractivity contribution is -0.136. The first-order valence-electron chi connectivity index (χ1n) is 6.57. The Balaban J connectivity index is 2.28. The van der Waals surface area contributed by atoms with Crippen LogP contribution in [0.2, 0.25) is 0 Å². The molecule has 1 aliphatic rings. The second-order valence-corrected chi connectivity index (χ2v) is 5.27. The topological polar surface area (TPSA) is 55.0 Å². The van der Waals surface area contributed by atoms with Gasteiger partial charge in [-0.3, -0.25) is 4.79 Å². The number of carbonyl (C=O) groups excluding carboxylic acids is 1. The maximum absolute atomic E-state index is 12.9. The lowest BCUT2D eigenvalue weighted by Crippen LogP contribution is -2.39. The van der Waals surface area contributed by atoms with Crippen molar-refractivity contribution in [3.8, 4) is 0 Å². The van der Waals surface area contributed by atoms with Crippen molar-refractivity contribution < 1.29 is 35.9 Å². The van der Waals surface area contributed by atoms with Crippen LogP contribution in [0.1, 0.15) is 12.5 Å². The van der Waals surface area contributed by atoms with E-state index in [-0.39, 0.29) is 5.69 Å². The SMILES string of the molecule is [C-]#[N+]c1ccc(NC(=O)C2(C)COC(C(F)(F)F)=N2)cc1C(F)(F)F. The van der Waals surface area contributed by atoms with Gasteiger partial charge < -0.3 is 10.1 Å². The zero-order chi connectivity index (χ0) is 19.0. The zero-order valence-electron chi connectivity index (χ0n) is 12.4. The summed E-state index contributed by atoms with van der Waals surface area (Å²) in [6, 6.07) is 2.41. The van der Waals surface area contributed by atoms with Gasteiger partial charge in [0.05, 0.1) is 12.1 Å². The fourth-order valence-corrected chi connectivity index (χ4v) is 1.96. The maximum Gasteiger partial charge on any atom is 0.468 e. The molecular weight excluding hydrogens is 356 g/mol. The number of alkyl halides is 6. The molecule has 1 unspecified atom stereocenters. The number of halogens is 6. The summed E-state index contributed by atoms with van der Waals surface area (Å²) in [5.74, 6) is -2.65. The molecule has 5 nitrogen and oxygen atoms in total. The summed E-state index contributed by atoms with van der Waals surface area (Å²) in [4.78, 5) is 18.0. The van der Waals surface area contributed by atoms with Crippen molar-refractivity contribution >= 4 is 23.2 Å². The number of aliphatic imine (C=N–C) groups is 1. The molecule has 25 heavy (non-hydrogen) atoms. The summed E-state index contributed by atoms with van der Waals surface area (Å²) in [7, 11) is 0.